The summed E-state index contributed by atoms with van der Waals surface area (Å²) in [7, 11) is 6.72. The van der Waals surface area contributed by atoms with Crippen LogP contribution in [0.4, 0.5) is 0 Å². The molecule has 1 heterocycles. The third kappa shape index (κ3) is 13.4. The van der Waals surface area contributed by atoms with E-state index in [1.807, 2.05) is 30.6 Å². The van der Waals surface area contributed by atoms with Crippen LogP contribution in [-0.4, -0.2) is 33.9 Å². The number of hydrogen-bond donors (Lipinski definition) is 0. The van der Waals surface area contributed by atoms with E-state index in [0.29, 0.717) is 0 Å². The third-order valence-corrected chi connectivity index (χ3v) is 3.77. The first-order valence-electron chi connectivity index (χ1n) is 6.50. The maximum absolute atomic E-state index is 4.76. The molecule has 0 aliphatic rings. The van der Waals surface area contributed by atoms with Crippen molar-refractivity contribution < 1.29 is 13.1 Å². The number of aromatic nitrogens is 1. The van der Waals surface area contributed by atoms with E-state index in [-0.39, 0.29) is 13.1 Å². The molecule has 0 aliphatic heterocycles. The molecule has 0 radical (unpaired) electrons. The molecule has 0 N–H and O–H groups in total. The van der Waals surface area contributed by atoms with Gasteiger partial charge in [0, 0.05) is 12.4 Å². The van der Waals surface area contributed by atoms with Crippen molar-refractivity contribution in [2.24, 2.45) is 9.32 Å². The van der Waals surface area contributed by atoms with Gasteiger partial charge in [-0.2, -0.15) is 0 Å². The number of pyridine rings is 1. The van der Waals surface area contributed by atoms with Crippen LogP contribution in [0, 0.1) is 0 Å². The van der Waals surface area contributed by atoms with E-state index >= 15 is 0 Å². The Morgan fingerprint density at radius 2 is 1.24 bits per heavy atom. The van der Waals surface area contributed by atoms with E-state index in [1.165, 1.54) is 0 Å². The summed E-state index contributed by atoms with van der Waals surface area (Å²) in [6.45, 7) is 13.3. The molecule has 0 spiro atoms. The van der Waals surface area contributed by atoms with Gasteiger partial charge in [0.25, 0.3) is 0 Å². The molecule has 0 fully saturated rings. The normalized spacial score (nSPS) is 12.8. The molecule has 0 bridgehead atoms. The Kier molecular flexibility index (Phi) is 9.93. The van der Waals surface area contributed by atoms with Crippen molar-refractivity contribution in [1.82, 2.24) is 4.98 Å². The molecule has 0 atom stereocenters. The number of rotatable bonds is 4. The van der Waals surface area contributed by atoms with Gasteiger partial charge in [0.15, 0.2) is 16.5 Å². The van der Waals surface area contributed by atoms with Crippen molar-refractivity contribution in [2.75, 3.05) is 0 Å². The summed E-state index contributed by atoms with van der Waals surface area (Å²) in [4.78, 5) is 4.52. The zero-order chi connectivity index (χ0) is 16.5. The monoisotopic (exact) mass is 403 g/mol. The Labute approximate surface area is 145 Å². The number of nitrogens with zero attached hydrogens (tertiary/aromatic N) is 3. The minimum absolute atomic E-state index is 0.194. The van der Waals surface area contributed by atoms with E-state index in [9.17, 15) is 0 Å². The Bertz CT molecular complexity index is 444. The standard InChI is InChI=1S/C13H23N3Si2.2ClH.Fe/c1-17(2,3)14-10-12-8-7-9-13(16-12)11-15-18(4,5)6;;;/h7-11H,1-6H3;2*1H;/q;;;+2/p-2/b14-10+,15-11+;;;. The molecule has 0 saturated heterocycles. The summed E-state index contributed by atoms with van der Waals surface area (Å²) in [6.07, 6.45) is 3.77. The molecule has 21 heavy (non-hydrogen) atoms. The van der Waals surface area contributed by atoms with Gasteiger partial charge in [0.1, 0.15) is 0 Å². The van der Waals surface area contributed by atoms with Gasteiger partial charge >= 0.3 is 33.3 Å². The van der Waals surface area contributed by atoms with Gasteiger partial charge in [0.05, 0.1) is 11.4 Å². The van der Waals surface area contributed by atoms with Crippen LogP contribution in [0.25, 0.3) is 0 Å². The Hall–Kier alpha value is 0.0232. The molecular weight excluding hydrogens is 381 g/mol. The SMILES string of the molecule is C[Si](C)(C)/N=C/c1cccc(/C=N/[Si](C)(C)C)n1.[Cl][Fe][Cl]. The number of halogens is 2. The van der Waals surface area contributed by atoms with Crippen LogP contribution in [0.15, 0.2) is 27.5 Å². The molecule has 120 valence electrons. The first-order valence-corrected chi connectivity index (χ1v) is 16.4. The first kappa shape index (κ1) is 21.0. The average Bonchev–Trinajstić information content (AvgIpc) is 2.34. The van der Waals surface area contributed by atoms with Gasteiger partial charge in [-0.1, -0.05) is 6.07 Å². The van der Waals surface area contributed by atoms with E-state index in [4.69, 9.17) is 20.2 Å². The van der Waals surface area contributed by atoms with E-state index in [1.54, 1.807) is 0 Å². The van der Waals surface area contributed by atoms with Crippen LogP contribution in [0.1, 0.15) is 11.4 Å². The van der Waals surface area contributed by atoms with Crippen molar-refractivity contribution in [3.05, 3.63) is 29.6 Å². The molecule has 0 unspecified atom stereocenters. The average molecular weight is 404 g/mol. The topological polar surface area (TPSA) is 37.6 Å². The summed E-state index contributed by atoms with van der Waals surface area (Å²) in [5, 5.41) is 0. The van der Waals surface area contributed by atoms with Crippen LogP contribution < -0.4 is 0 Å². The summed E-state index contributed by atoms with van der Waals surface area (Å²) in [5.41, 5.74) is 1.83. The molecule has 3 nitrogen and oxygen atoms in total. The Balaban J connectivity index is 0.00000122. The van der Waals surface area contributed by atoms with Crippen LogP contribution in [0.2, 0.25) is 39.3 Å². The summed E-state index contributed by atoms with van der Waals surface area (Å²) in [6, 6.07) is 5.97. The molecule has 8 heteroatoms. The maximum atomic E-state index is 4.76. The summed E-state index contributed by atoms with van der Waals surface area (Å²) < 4.78 is 9.18. The van der Waals surface area contributed by atoms with Crippen molar-refractivity contribution in [3.8, 4) is 0 Å². The van der Waals surface area contributed by atoms with Gasteiger partial charge in [-0.05, 0) is 51.4 Å². The van der Waals surface area contributed by atoms with Crippen LogP contribution >= 0.6 is 20.2 Å². The van der Waals surface area contributed by atoms with E-state index in [0.717, 1.165) is 11.4 Å². The van der Waals surface area contributed by atoms with Crippen LogP contribution in [0.5, 0.6) is 0 Å². The predicted molar refractivity (Wildman–Crippen MR) is 97.8 cm³/mol. The fourth-order valence-electron chi connectivity index (χ4n) is 1.13. The Morgan fingerprint density at radius 3 is 1.52 bits per heavy atom. The van der Waals surface area contributed by atoms with Crippen LogP contribution in [0.3, 0.4) is 0 Å². The second kappa shape index (κ2) is 9.92. The van der Waals surface area contributed by atoms with Gasteiger partial charge in [0.2, 0.25) is 0 Å². The van der Waals surface area contributed by atoms with Crippen molar-refractivity contribution in [1.29, 1.82) is 0 Å². The second-order valence-electron chi connectivity index (χ2n) is 6.40. The molecule has 1 aromatic heterocycles. The van der Waals surface area contributed by atoms with Crippen LogP contribution in [-0.2, 0) is 13.1 Å². The minimum atomic E-state index is -1.40. The van der Waals surface area contributed by atoms with Crippen molar-refractivity contribution in [2.45, 2.75) is 39.3 Å². The van der Waals surface area contributed by atoms with Crippen molar-refractivity contribution >= 4 is 49.1 Å². The second-order valence-corrected chi connectivity index (χ2v) is 17.4. The predicted octanol–water partition coefficient (Wildman–Crippen LogP) is 4.97. The quantitative estimate of drug-likeness (QED) is 0.516. The third-order valence-electron chi connectivity index (χ3n) is 1.96. The zero-order valence-corrected chi connectivity index (χ0v) is 18.0. The summed E-state index contributed by atoms with van der Waals surface area (Å²) >= 11 is 0.194. The molecule has 0 aromatic carbocycles. The van der Waals surface area contributed by atoms with E-state index < -0.39 is 16.5 Å². The fraction of sp³-hybridized carbons (Fsp3) is 0.462. The zero-order valence-electron chi connectivity index (χ0n) is 13.3. The first-order chi connectivity index (χ1) is 9.57. The molecule has 0 saturated carbocycles. The van der Waals surface area contributed by atoms with Gasteiger partial charge in [-0.15, -0.1) is 0 Å². The van der Waals surface area contributed by atoms with Gasteiger partial charge in [-0.3, -0.25) is 0 Å². The number of hydrogen-bond acceptors (Lipinski definition) is 3. The van der Waals surface area contributed by atoms with Gasteiger partial charge < -0.3 is 9.32 Å². The van der Waals surface area contributed by atoms with E-state index in [2.05, 4.69) is 53.6 Å². The summed E-state index contributed by atoms with van der Waals surface area (Å²) in [5.74, 6) is 0. The van der Waals surface area contributed by atoms with Gasteiger partial charge in [-0.25, -0.2) is 4.98 Å². The fourth-order valence-corrected chi connectivity index (χ4v) is 2.17. The molecule has 1 rings (SSSR count). The Morgan fingerprint density at radius 1 is 0.905 bits per heavy atom. The molecule has 1 aromatic rings. The molecule has 0 amide bonds. The molecule has 0 aliphatic carbocycles. The van der Waals surface area contributed by atoms with Crippen molar-refractivity contribution in [3.63, 3.8) is 0 Å². The molecular formula is C13H23Cl2FeN3Si2.